The first-order chi connectivity index (χ1) is 22.1. The number of unbranched alkanes of at least 4 members (excludes halogenated alkanes) is 22. The summed E-state index contributed by atoms with van der Waals surface area (Å²) in [5.41, 5.74) is 0. The molecule has 0 rings (SSSR count). The van der Waals surface area contributed by atoms with Crippen LogP contribution >= 0.6 is 7.82 Å². The average Bonchev–Trinajstić information content (AvgIpc) is 2.99. The van der Waals surface area contributed by atoms with Gasteiger partial charge in [0.15, 0.2) is 0 Å². The van der Waals surface area contributed by atoms with Gasteiger partial charge in [0.05, 0.1) is 34.4 Å². The van der Waals surface area contributed by atoms with Crippen LogP contribution in [0.3, 0.4) is 0 Å². The van der Waals surface area contributed by atoms with Gasteiger partial charge in [0.1, 0.15) is 19.3 Å². The molecule has 0 aliphatic rings. The molecule has 0 saturated heterocycles. The zero-order chi connectivity index (χ0) is 34.2. The predicted octanol–water partition coefficient (Wildman–Crippen LogP) is 10.5. The van der Waals surface area contributed by atoms with E-state index in [4.69, 9.17) is 18.5 Å². The van der Waals surface area contributed by atoms with E-state index in [0.717, 1.165) is 32.1 Å². The quantitative estimate of drug-likeness (QED) is 0.0305. The number of carbonyl (C=O) groups is 1. The summed E-state index contributed by atoms with van der Waals surface area (Å²) < 4.78 is 34.8. The Kier molecular flexibility index (Phi) is 31.4. The number of phosphoric acid groups is 1. The van der Waals surface area contributed by atoms with Crippen molar-refractivity contribution in [3.05, 3.63) is 0 Å². The van der Waals surface area contributed by atoms with E-state index in [0.29, 0.717) is 24.1 Å². The van der Waals surface area contributed by atoms with Gasteiger partial charge in [-0.2, -0.15) is 0 Å². The topological polar surface area (TPSA) is 91.3 Å². The van der Waals surface area contributed by atoms with Crippen molar-refractivity contribution in [1.82, 2.24) is 0 Å². The second-order valence-electron chi connectivity index (χ2n) is 14.3. The minimum Gasteiger partial charge on any atom is -0.457 e. The molecule has 0 radical (unpaired) electrons. The lowest BCUT2D eigenvalue weighted by Crippen LogP contribution is -2.37. The second-order valence-corrected chi connectivity index (χ2v) is 15.8. The lowest BCUT2D eigenvalue weighted by Gasteiger charge is -2.24. The minimum atomic E-state index is -4.26. The largest absolute Gasteiger partial charge is 0.472 e. The maximum Gasteiger partial charge on any atom is 0.472 e. The molecule has 276 valence electrons. The van der Waals surface area contributed by atoms with Gasteiger partial charge in [0, 0.05) is 13.0 Å². The summed E-state index contributed by atoms with van der Waals surface area (Å²) in [6, 6.07) is 0. The molecule has 0 aromatic carbocycles. The number of hydrogen-bond donors (Lipinski definition) is 1. The highest BCUT2D eigenvalue weighted by molar-refractivity contribution is 7.47. The summed E-state index contributed by atoms with van der Waals surface area (Å²) in [5.74, 6) is -0.313. The Balaban J connectivity index is 4.25. The van der Waals surface area contributed by atoms with Crippen LogP contribution in [-0.4, -0.2) is 75.6 Å². The zero-order valence-corrected chi connectivity index (χ0v) is 32.0. The number of carbonyl (C=O) groups excluding carboxylic acids is 1. The van der Waals surface area contributed by atoms with Crippen LogP contribution in [0.4, 0.5) is 0 Å². The number of quaternary nitrogens is 1. The van der Waals surface area contributed by atoms with Crippen LogP contribution in [0.1, 0.15) is 174 Å². The molecule has 0 aromatic heterocycles. The SMILES string of the molecule is CCCCCCCCCCCCCCCCOC[C@H](COP(=O)(O)OCC[N+](C)(C)C)OC(=O)CCCCCCCCCCCC. The smallest absolute Gasteiger partial charge is 0.457 e. The van der Waals surface area contributed by atoms with E-state index >= 15 is 0 Å². The van der Waals surface area contributed by atoms with Crippen molar-refractivity contribution in [2.45, 2.75) is 180 Å². The summed E-state index contributed by atoms with van der Waals surface area (Å²) in [5, 5.41) is 0. The predicted molar refractivity (Wildman–Crippen MR) is 192 cm³/mol. The number of likely N-dealkylation sites (N-methyl/N-ethyl adjacent to an activating group) is 1. The highest BCUT2D eigenvalue weighted by atomic mass is 31.2. The fourth-order valence-corrected chi connectivity index (χ4v) is 6.12. The number of nitrogens with zero attached hydrogens (tertiary/aromatic N) is 1. The number of rotatable bonds is 36. The van der Waals surface area contributed by atoms with Crippen molar-refractivity contribution in [3.8, 4) is 0 Å². The van der Waals surface area contributed by atoms with Gasteiger partial charge in [0.2, 0.25) is 0 Å². The Bertz CT molecular complexity index is 716. The molecule has 1 unspecified atom stereocenters. The molecule has 0 fully saturated rings. The maximum atomic E-state index is 12.6. The van der Waals surface area contributed by atoms with Gasteiger partial charge < -0.3 is 18.9 Å². The minimum absolute atomic E-state index is 0.0934. The second kappa shape index (κ2) is 31.7. The molecule has 2 atom stereocenters. The fourth-order valence-electron chi connectivity index (χ4n) is 5.38. The molecular weight excluding hydrogens is 601 g/mol. The van der Waals surface area contributed by atoms with Crippen LogP contribution in [0, 0.1) is 0 Å². The van der Waals surface area contributed by atoms with Crippen molar-refractivity contribution in [2.75, 3.05) is 54.1 Å². The molecule has 0 aliphatic heterocycles. The van der Waals surface area contributed by atoms with Gasteiger partial charge in [-0.25, -0.2) is 4.57 Å². The van der Waals surface area contributed by atoms with Crippen LogP contribution in [0.25, 0.3) is 0 Å². The highest BCUT2D eigenvalue weighted by Crippen LogP contribution is 2.43. The van der Waals surface area contributed by atoms with Gasteiger partial charge >= 0.3 is 13.8 Å². The van der Waals surface area contributed by atoms with E-state index in [1.165, 1.54) is 122 Å². The van der Waals surface area contributed by atoms with Crippen molar-refractivity contribution in [2.24, 2.45) is 0 Å². The molecule has 0 bridgehead atoms. The Labute approximate surface area is 285 Å². The summed E-state index contributed by atoms with van der Waals surface area (Å²) >= 11 is 0. The Hall–Kier alpha value is -0.500. The summed E-state index contributed by atoms with van der Waals surface area (Å²) in [7, 11) is 1.68. The van der Waals surface area contributed by atoms with Crippen LogP contribution in [-0.2, 0) is 27.9 Å². The molecule has 0 heterocycles. The fraction of sp³-hybridized carbons (Fsp3) is 0.973. The molecule has 46 heavy (non-hydrogen) atoms. The average molecular weight is 679 g/mol. The van der Waals surface area contributed by atoms with Crippen molar-refractivity contribution in [3.63, 3.8) is 0 Å². The lowest BCUT2D eigenvalue weighted by atomic mass is 10.0. The Morgan fingerprint density at radius 2 is 1.00 bits per heavy atom. The third-order valence-corrected chi connectivity index (χ3v) is 9.40. The van der Waals surface area contributed by atoms with E-state index < -0.39 is 13.9 Å². The monoisotopic (exact) mass is 679 g/mol. The van der Waals surface area contributed by atoms with Gasteiger partial charge in [-0.1, -0.05) is 155 Å². The molecule has 0 aromatic rings. The highest BCUT2D eigenvalue weighted by Gasteiger charge is 2.26. The maximum absolute atomic E-state index is 12.6. The first-order valence-corrected chi connectivity index (χ1v) is 20.8. The van der Waals surface area contributed by atoms with Crippen molar-refractivity contribution in [1.29, 1.82) is 0 Å². The molecule has 9 heteroatoms. The molecule has 0 spiro atoms. The molecule has 8 nitrogen and oxygen atoms in total. The molecular formula is C37H77NO7P+. The summed E-state index contributed by atoms with van der Waals surface area (Å²) in [6.45, 7) is 5.64. The lowest BCUT2D eigenvalue weighted by molar-refractivity contribution is -0.870. The first kappa shape index (κ1) is 45.5. The number of esters is 1. The van der Waals surface area contributed by atoms with Gasteiger partial charge in [-0.05, 0) is 12.8 Å². The third-order valence-electron chi connectivity index (χ3n) is 8.42. The van der Waals surface area contributed by atoms with Crippen LogP contribution in [0.15, 0.2) is 0 Å². The van der Waals surface area contributed by atoms with E-state index in [1.54, 1.807) is 0 Å². The standard InChI is InChI=1S/C37H76NO7P/c1-6-8-10-12-14-16-18-19-20-21-23-25-27-29-32-42-34-36(35-44-46(40,41)43-33-31-38(3,4)5)45-37(39)30-28-26-24-22-17-15-13-11-9-7-2/h36H,6-35H2,1-5H3/p+1/t36-/m1/s1. The van der Waals surface area contributed by atoms with Gasteiger partial charge in [-0.15, -0.1) is 0 Å². The summed E-state index contributed by atoms with van der Waals surface area (Å²) in [6.07, 6.45) is 29.8. The number of phosphoric ester groups is 1. The van der Waals surface area contributed by atoms with Gasteiger partial charge in [-0.3, -0.25) is 13.8 Å². The number of ether oxygens (including phenoxy) is 2. The molecule has 0 aliphatic carbocycles. The van der Waals surface area contributed by atoms with E-state index in [2.05, 4.69) is 13.8 Å². The number of hydrogen-bond acceptors (Lipinski definition) is 6. The van der Waals surface area contributed by atoms with E-state index in [-0.39, 0.29) is 25.8 Å². The van der Waals surface area contributed by atoms with E-state index in [1.807, 2.05) is 21.1 Å². The Morgan fingerprint density at radius 3 is 1.43 bits per heavy atom. The van der Waals surface area contributed by atoms with Crippen LogP contribution < -0.4 is 0 Å². The molecule has 0 amide bonds. The normalized spacial score (nSPS) is 14.0. The zero-order valence-electron chi connectivity index (χ0n) is 31.1. The van der Waals surface area contributed by atoms with Gasteiger partial charge in [0.25, 0.3) is 0 Å². The van der Waals surface area contributed by atoms with Crippen molar-refractivity contribution < 1.29 is 37.3 Å². The van der Waals surface area contributed by atoms with Crippen LogP contribution in [0.2, 0.25) is 0 Å². The molecule has 1 N–H and O–H groups in total. The third kappa shape index (κ3) is 34.8. The van der Waals surface area contributed by atoms with Crippen molar-refractivity contribution >= 4 is 13.8 Å². The van der Waals surface area contributed by atoms with Crippen LogP contribution in [0.5, 0.6) is 0 Å². The van der Waals surface area contributed by atoms with E-state index in [9.17, 15) is 14.3 Å². The summed E-state index contributed by atoms with van der Waals surface area (Å²) in [4.78, 5) is 22.7. The first-order valence-electron chi connectivity index (χ1n) is 19.3. The Morgan fingerprint density at radius 1 is 0.587 bits per heavy atom. The molecule has 0 saturated carbocycles.